The minimum absolute atomic E-state index is 0.0313. The van der Waals surface area contributed by atoms with Gasteiger partial charge in [-0.2, -0.15) is 0 Å². The second-order valence-corrected chi connectivity index (χ2v) is 6.67. The molecule has 4 heteroatoms. The number of carbonyl (C=O) groups excluding carboxylic acids is 1. The van der Waals surface area contributed by atoms with Crippen molar-refractivity contribution in [3.8, 4) is 0 Å². The molecule has 1 atom stereocenters. The van der Waals surface area contributed by atoms with Crippen LogP contribution in [0.25, 0.3) is 11.0 Å². The fraction of sp³-hybridized carbons (Fsp3) is 0.471. The molecule has 0 saturated heterocycles. The van der Waals surface area contributed by atoms with E-state index >= 15 is 0 Å². The molecule has 1 heterocycles. The van der Waals surface area contributed by atoms with E-state index in [-0.39, 0.29) is 24.0 Å². The van der Waals surface area contributed by atoms with Crippen molar-refractivity contribution in [1.29, 1.82) is 0 Å². The molecule has 2 N–H and O–H groups in total. The van der Waals surface area contributed by atoms with Crippen molar-refractivity contribution < 1.29 is 14.3 Å². The van der Waals surface area contributed by atoms with Crippen LogP contribution in [0.15, 0.2) is 28.7 Å². The number of fused-ring (bicyclic) bond motifs is 1. The lowest BCUT2D eigenvalue weighted by atomic mass is 9.88. The summed E-state index contributed by atoms with van der Waals surface area (Å²) in [6, 6.07) is 7.30. The van der Waals surface area contributed by atoms with Gasteiger partial charge in [0, 0.05) is 10.9 Å². The molecule has 0 saturated carbocycles. The molecule has 1 aromatic heterocycles. The fourth-order valence-electron chi connectivity index (χ4n) is 2.54. The fourth-order valence-corrected chi connectivity index (χ4v) is 2.54. The van der Waals surface area contributed by atoms with E-state index in [9.17, 15) is 9.90 Å². The summed E-state index contributed by atoms with van der Waals surface area (Å²) in [4.78, 5) is 12.4. The molecular formula is C17H23NO3. The predicted molar refractivity (Wildman–Crippen MR) is 83.4 cm³/mol. The van der Waals surface area contributed by atoms with Gasteiger partial charge in [0.1, 0.15) is 5.58 Å². The van der Waals surface area contributed by atoms with Gasteiger partial charge in [-0.25, -0.2) is 0 Å². The first kappa shape index (κ1) is 15.6. The summed E-state index contributed by atoms with van der Waals surface area (Å²) in [5.41, 5.74) is 1.57. The molecule has 2 rings (SSSR count). The Kier molecular flexibility index (Phi) is 4.37. The van der Waals surface area contributed by atoms with Crippen molar-refractivity contribution in [1.82, 2.24) is 5.32 Å². The number of hydrogen-bond donors (Lipinski definition) is 2. The maximum atomic E-state index is 12.4. The topological polar surface area (TPSA) is 62.5 Å². The van der Waals surface area contributed by atoms with Crippen LogP contribution in [0.3, 0.4) is 0 Å². The largest absolute Gasteiger partial charge is 0.451 e. The molecule has 1 aromatic carbocycles. The SMILES string of the molecule is Cc1c(C(=O)NC(CO)CC(C)(C)C)oc2ccccc12. The Balaban J connectivity index is 2.20. The van der Waals surface area contributed by atoms with Crippen molar-refractivity contribution in [3.63, 3.8) is 0 Å². The lowest BCUT2D eigenvalue weighted by Crippen LogP contribution is -2.40. The van der Waals surface area contributed by atoms with Gasteiger partial charge in [-0.05, 0) is 24.8 Å². The number of aliphatic hydroxyl groups excluding tert-OH is 1. The summed E-state index contributed by atoms with van der Waals surface area (Å²) in [7, 11) is 0. The summed E-state index contributed by atoms with van der Waals surface area (Å²) < 4.78 is 5.64. The van der Waals surface area contributed by atoms with Gasteiger partial charge >= 0.3 is 0 Å². The summed E-state index contributed by atoms with van der Waals surface area (Å²) in [5, 5.41) is 13.3. The van der Waals surface area contributed by atoms with Crippen LogP contribution < -0.4 is 5.32 Å². The van der Waals surface area contributed by atoms with Crippen molar-refractivity contribution in [3.05, 3.63) is 35.6 Å². The van der Waals surface area contributed by atoms with Gasteiger partial charge in [0.25, 0.3) is 5.91 Å². The van der Waals surface area contributed by atoms with Crippen LogP contribution in [-0.4, -0.2) is 23.7 Å². The molecule has 0 radical (unpaired) electrons. The van der Waals surface area contributed by atoms with E-state index in [4.69, 9.17) is 4.42 Å². The molecule has 0 bridgehead atoms. The first-order valence-electron chi connectivity index (χ1n) is 7.21. The highest BCUT2D eigenvalue weighted by Crippen LogP contribution is 2.25. The minimum Gasteiger partial charge on any atom is -0.451 e. The third kappa shape index (κ3) is 3.64. The van der Waals surface area contributed by atoms with Gasteiger partial charge in [-0.15, -0.1) is 0 Å². The molecule has 114 valence electrons. The summed E-state index contributed by atoms with van der Waals surface area (Å²) >= 11 is 0. The first-order valence-corrected chi connectivity index (χ1v) is 7.21. The standard InChI is InChI=1S/C17H23NO3/c1-11-13-7-5-6-8-14(13)21-15(11)16(20)18-12(10-19)9-17(2,3)4/h5-8,12,19H,9-10H2,1-4H3,(H,18,20). The highest BCUT2D eigenvalue weighted by molar-refractivity contribution is 5.99. The van der Waals surface area contributed by atoms with E-state index in [0.717, 1.165) is 10.9 Å². The van der Waals surface area contributed by atoms with Crippen LogP contribution in [0.4, 0.5) is 0 Å². The zero-order chi connectivity index (χ0) is 15.6. The molecule has 1 unspecified atom stereocenters. The van der Waals surface area contributed by atoms with Gasteiger partial charge in [-0.3, -0.25) is 4.79 Å². The quantitative estimate of drug-likeness (QED) is 0.908. The van der Waals surface area contributed by atoms with Crippen LogP contribution >= 0.6 is 0 Å². The van der Waals surface area contributed by atoms with E-state index in [2.05, 4.69) is 26.1 Å². The van der Waals surface area contributed by atoms with Gasteiger partial charge in [0.15, 0.2) is 5.76 Å². The van der Waals surface area contributed by atoms with E-state index in [0.29, 0.717) is 17.8 Å². The Morgan fingerprint density at radius 2 is 2.00 bits per heavy atom. The Bertz CT molecular complexity index is 637. The molecule has 0 spiro atoms. The molecule has 4 nitrogen and oxygen atoms in total. The number of hydrogen-bond acceptors (Lipinski definition) is 3. The van der Waals surface area contributed by atoms with Crippen molar-refractivity contribution in [2.24, 2.45) is 5.41 Å². The smallest absolute Gasteiger partial charge is 0.287 e. The summed E-state index contributed by atoms with van der Waals surface area (Å²) in [6.45, 7) is 8.03. The van der Waals surface area contributed by atoms with Gasteiger partial charge < -0.3 is 14.8 Å². The number of benzene rings is 1. The molecule has 2 aromatic rings. The normalized spacial score (nSPS) is 13.4. The van der Waals surface area contributed by atoms with Crippen molar-refractivity contribution >= 4 is 16.9 Å². The molecule has 1 amide bonds. The lowest BCUT2D eigenvalue weighted by molar-refractivity contribution is 0.0871. The molecule has 0 aliphatic heterocycles. The molecular weight excluding hydrogens is 266 g/mol. The average Bonchev–Trinajstić information content (AvgIpc) is 2.74. The van der Waals surface area contributed by atoms with Crippen molar-refractivity contribution in [2.45, 2.75) is 40.2 Å². The number of carbonyl (C=O) groups is 1. The molecule has 0 aliphatic carbocycles. The molecule has 21 heavy (non-hydrogen) atoms. The number of rotatable bonds is 4. The van der Waals surface area contributed by atoms with Crippen LogP contribution in [0.5, 0.6) is 0 Å². The predicted octanol–water partition coefficient (Wildman–Crippen LogP) is 3.27. The summed E-state index contributed by atoms with van der Waals surface area (Å²) in [6.07, 6.45) is 0.703. The highest BCUT2D eigenvalue weighted by Gasteiger charge is 2.23. The van der Waals surface area contributed by atoms with Crippen molar-refractivity contribution in [2.75, 3.05) is 6.61 Å². The van der Waals surface area contributed by atoms with Gasteiger partial charge in [0.2, 0.25) is 0 Å². The third-order valence-corrected chi connectivity index (χ3v) is 3.46. The Morgan fingerprint density at radius 3 is 2.57 bits per heavy atom. The monoisotopic (exact) mass is 289 g/mol. The number of nitrogens with one attached hydrogen (secondary N) is 1. The Morgan fingerprint density at radius 1 is 1.33 bits per heavy atom. The second-order valence-electron chi connectivity index (χ2n) is 6.67. The second kappa shape index (κ2) is 5.90. The average molecular weight is 289 g/mol. The Labute approximate surface area is 125 Å². The van der Waals surface area contributed by atoms with E-state index in [1.807, 2.05) is 31.2 Å². The molecule has 0 aliphatic rings. The van der Waals surface area contributed by atoms with E-state index < -0.39 is 0 Å². The van der Waals surface area contributed by atoms with E-state index in [1.54, 1.807) is 0 Å². The number of furan rings is 1. The lowest BCUT2D eigenvalue weighted by Gasteiger charge is -2.25. The number of aliphatic hydroxyl groups is 1. The third-order valence-electron chi connectivity index (χ3n) is 3.46. The number of amides is 1. The Hall–Kier alpha value is -1.81. The zero-order valence-corrected chi connectivity index (χ0v) is 13.1. The zero-order valence-electron chi connectivity index (χ0n) is 13.1. The number of aryl methyl sites for hydroxylation is 1. The van der Waals surface area contributed by atoms with E-state index in [1.165, 1.54) is 0 Å². The van der Waals surface area contributed by atoms with Crippen LogP contribution in [-0.2, 0) is 0 Å². The maximum absolute atomic E-state index is 12.4. The van der Waals surface area contributed by atoms with Gasteiger partial charge in [-0.1, -0.05) is 39.0 Å². The van der Waals surface area contributed by atoms with Crippen LogP contribution in [0.1, 0.15) is 43.3 Å². The van der Waals surface area contributed by atoms with Crippen LogP contribution in [0, 0.1) is 12.3 Å². The number of para-hydroxylation sites is 1. The highest BCUT2D eigenvalue weighted by atomic mass is 16.3. The summed E-state index contributed by atoms with van der Waals surface area (Å²) in [5.74, 6) is 0.0514. The minimum atomic E-state index is -0.273. The molecule has 0 fully saturated rings. The van der Waals surface area contributed by atoms with Gasteiger partial charge in [0.05, 0.1) is 12.6 Å². The first-order chi connectivity index (χ1) is 9.81. The van der Waals surface area contributed by atoms with Crippen LogP contribution in [0.2, 0.25) is 0 Å². The maximum Gasteiger partial charge on any atom is 0.287 e.